The van der Waals surface area contributed by atoms with Crippen molar-refractivity contribution in [1.82, 2.24) is 10.6 Å². The molecule has 1 unspecified atom stereocenters. The molecule has 0 aromatic carbocycles. The molecule has 86 valence electrons. The highest BCUT2D eigenvalue weighted by molar-refractivity contribution is 6.04. The highest BCUT2D eigenvalue weighted by atomic mass is 16.6. The molecule has 16 heavy (non-hydrogen) atoms. The lowest BCUT2D eigenvalue weighted by Gasteiger charge is -2.05. The third-order valence-corrected chi connectivity index (χ3v) is 1.53. The van der Waals surface area contributed by atoms with Crippen LogP contribution in [-0.2, 0) is 23.9 Å². The number of hydrogen-bond donors (Lipinski definition) is 2. The Hall–Kier alpha value is -2.38. The molecule has 0 radical (unpaired) electrons. The zero-order valence-corrected chi connectivity index (χ0v) is 8.18. The van der Waals surface area contributed by atoms with E-state index in [0.29, 0.717) is 0 Å². The van der Waals surface area contributed by atoms with Gasteiger partial charge >= 0.3 is 18.0 Å². The van der Waals surface area contributed by atoms with Gasteiger partial charge < -0.3 is 9.47 Å². The predicted molar refractivity (Wildman–Crippen MR) is 47.7 cm³/mol. The third-order valence-electron chi connectivity index (χ3n) is 1.53. The fourth-order valence-corrected chi connectivity index (χ4v) is 0.841. The molecular formula is C8H8N2O6. The fraction of sp³-hybridized carbons (Fsp3) is 0.250. The molecule has 1 aliphatic rings. The number of nitrogens with one attached hydrogen (secondary N) is 2. The van der Waals surface area contributed by atoms with E-state index in [1.807, 2.05) is 10.6 Å². The smallest absolute Gasteiger partial charge is 0.333 e. The molecule has 1 rings (SSSR count). The van der Waals surface area contributed by atoms with E-state index >= 15 is 0 Å². The summed E-state index contributed by atoms with van der Waals surface area (Å²) in [7, 11) is 1.14. The molecule has 0 aliphatic carbocycles. The van der Waals surface area contributed by atoms with Gasteiger partial charge in [0.2, 0.25) is 0 Å². The van der Waals surface area contributed by atoms with E-state index in [2.05, 4.69) is 9.47 Å². The Morgan fingerprint density at radius 3 is 2.38 bits per heavy atom. The van der Waals surface area contributed by atoms with Crippen molar-refractivity contribution in [1.29, 1.82) is 0 Å². The van der Waals surface area contributed by atoms with Crippen molar-refractivity contribution in [2.75, 3.05) is 7.11 Å². The van der Waals surface area contributed by atoms with Gasteiger partial charge in [-0.1, -0.05) is 0 Å². The van der Waals surface area contributed by atoms with Crippen LogP contribution in [0, 0.1) is 0 Å². The number of carbonyl (C=O) groups is 4. The van der Waals surface area contributed by atoms with E-state index in [1.165, 1.54) is 0 Å². The average molecular weight is 228 g/mol. The monoisotopic (exact) mass is 228 g/mol. The largest absolute Gasteiger partial charge is 0.466 e. The number of hydrogen-bond acceptors (Lipinski definition) is 6. The number of imide groups is 1. The van der Waals surface area contributed by atoms with Crippen LogP contribution < -0.4 is 10.6 Å². The lowest BCUT2D eigenvalue weighted by Crippen LogP contribution is -2.33. The van der Waals surface area contributed by atoms with Gasteiger partial charge in [0.15, 0.2) is 0 Å². The number of rotatable bonds is 3. The van der Waals surface area contributed by atoms with E-state index in [9.17, 15) is 19.2 Å². The molecule has 1 heterocycles. The summed E-state index contributed by atoms with van der Waals surface area (Å²) >= 11 is 0. The van der Waals surface area contributed by atoms with Crippen LogP contribution in [0.3, 0.4) is 0 Å². The first-order chi connectivity index (χ1) is 7.52. The number of urea groups is 1. The van der Waals surface area contributed by atoms with Gasteiger partial charge in [-0.25, -0.2) is 14.4 Å². The minimum Gasteiger partial charge on any atom is -0.466 e. The zero-order chi connectivity index (χ0) is 12.1. The van der Waals surface area contributed by atoms with Crippen molar-refractivity contribution in [3.63, 3.8) is 0 Å². The molecular weight excluding hydrogens is 220 g/mol. The van der Waals surface area contributed by atoms with Crippen LogP contribution in [0.2, 0.25) is 0 Å². The molecule has 0 spiro atoms. The molecule has 1 aliphatic heterocycles. The van der Waals surface area contributed by atoms with Crippen molar-refractivity contribution < 1.29 is 28.7 Å². The summed E-state index contributed by atoms with van der Waals surface area (Å²) in [6, 6.07) is -0.750. The standard InChI is InChI=1S/C8H8N2O6/c1-15-4(11)2-3-5(12)16-7-6(13)9-8(14)10-7/h2-3,7H,1H3,(H2,9,10,13,14)/b3-2+. The molecule has 1 saturated heterocycles. The number of amides is 3. The maximum absolute atomic E-state index is 11.0. The Labute approximate surface area is 89.6 Å². The van der Waals surface area contributed by atoms with Gasteiger partial charge in [-0.05, 0) is 0 Å². The van der Waals surface area contributed by atoms with Gasteiger partial charge in [0, 0.05) is 12.2 Å². The quantitative estimate of drug-likeness (QED) is 0.343. The van der Waals surface area contributed by atoms with Crippen LogP contribution in [0.5, 0.6) is 0 Å². The molecule has 1 fully saturated rings. The van der Waals surface area contributed by atoms with Crippen LogP contribution in [0.1, 0.15) is 0 Å². The summed E-state index contributed by atoms with van der Waals surface area (Å²) in [5, 5.41) is 3.91. The minimum atomic E-state index is -1.37. The van der Waals surface area contributed by atoms with E-state index < -0.39 is 30.1 Å². The second-order valence-electron chi connectivity index (χ2n) is 2.64. The molecule has 8 heteroatoms. The van der Waals surface area contributed by atoms with Crippen molar-refractivity contribution in [3.8, 4) is 0 Å². The van der Waals surface area contributed by atoms with E-state index in [1.54, 1.807) is 0 Å². The van der Waals surface area contributed by atoms with Crippen LogP contribution in [0.4, 0.5) is 4.79 Å². The second-order valence-corrected chi connectivity index (χ2v) is 2.64. The van der Waals surface area contributed by atoms with E-state index in [0.717, 1.165) is 19.3 Å². The molecule has 2 N–H and O–H groups in total. The van der Waals surface area contributed by atoms with Gasteiger partial charge in [0.1, 0.15) is 0 Å². The predicted octanol–water partition coefficient (Wildman–Crippen LogP) is -1.58. The Balaban J connectivity index is 2.46. The summed E-state index contributed by atoms with van der Waals surface area (Å²) in [5.74, 6) is -2.46. The topological polar surface area (TPSA) is 111 Å². The summed E-state index contributed by atoms with van der Waals surface area (Å²) in [4.78, 5) is 43.2. The van der Waals surface area contributed by atoms with E-state index in [4.69, 9.17) is 0 Å². The Bertz CT molecular complexity index is 375. The maximum atomic E-state index is 11.0. The first-order valence-corrected chi connectivity index (χ1v) is 4.11. The molecule has 0 aromatic heterocycles. The Morgan fingerprint density at radius 1 is 1.25 bits per heavy atom. The lowest BCUT2D eigenvalue weighted by atomic mass is 10.5. The highest BCUT2D eigenvalue weighted by Gasteiger charge is 2.32. The normalized spacial score (nSPS) is 19.2. The van der Waals surface area contributed by atoms with Crippen LogP contribution in [-0.4, -0.2) is 37.2 Å². The zero-order valence-electron chi connectivity index (χ0n) is 8.18. The Kier molecular flexibility index (Phi) is 3.59. The molecule has 1 atom stereocenters. The number of esters is 2. The lowest BCUT2D eigenvalue weighted by molar-refractivity contribution is -0.150. The fourth-order valence-electron chi connectivity index (χ4n) is 0.841. The number of ether oxygens (including phenoxy) is 2. The molecule has 0 aromatic rings. The van der Waals surface area contributed by atoms with Gasteiger partial charge in [0.25, 0.3) is 12.1 Å². The van der Waals surface area contributed by atoms with E-state index in [-0.39, 0.29) is 0 Å². The molecule has 0 saturated carbocycles. The van der Waals surface area contributed by atoms with Crippen LogP contribution in [0.15, 0.2) is 12.2 Å². The van der Waals surface area contributed by atoms with Crippen molar-refractivity contribution >= 4 is 23.9 Å². The molecule has 8 nitrogen and oxygen atoms in total. The van der Waals surface area contributed by atoms with Gasteiger partial charge in [0.05, 0.1) is 7.11 Å². The first kappa shape index (κ1) is 11.7. The number of carbonyl (C=O) groups excluding carboxylic acids is 4. The summed E-state index contributed by atoms with van der Waals surface area (Å²) in [6.45, 7) is 0. The van der Waals surface area contributed by atoms with Crippen molar-refractivity contribution in [2.24, 2.45) is 0 Å². The van der Waals surface area contributed by atoms with Gasteiger partial charge in [-0.2, -0.15) is 0 Å². The molecule has 0 bridgehead atoms. The van der Waals surface area contributed by atoms with Crippen LogP contribution in [0.25, 0.3) is 0 Å². The van der Waals surface area contributed by atoms with Gasteiger partial charge in [-0.15, -0.1) is 0 Å². The SMILES string of the molecule is COC(=O)/C=C/C(=O)OC1NC(=O)NC1=O. The third kappa shape index (κ3) is 3.08. The summed E-state index contributed by atoms with van der Waals surface area (Å²) < 4.78 is 8.74. The molecule has 3 amide bonds. The first-order valence-electron chi connectivity index (χ1n) is 4.11. The summed E-state index contributed by atoms with van der Waals surface area (Å²) in [5.41, 5.74) is 0. The Morgan fingerprint density at radius 2 is 1.88 bits per heavy atom. The van der Waals surface area contributed by atoms with Crippen molar-refractivity contribution in [3.05, 3.63) is 12.2 Å². The van der Waals surface area contributed by atoms with Crippen LogP contribution >= 0.6 is 0 Å². The second kappa shape index (κ2) is 4.91. The highest BCUT2D eigenvalue weighted by Crippen LogP contribution is 1.96. The van der Waals surface area contributed by atoms with Crippen molar-refractivity contribution in [2.45, 2.75) is 6.23 Å². The van der Waals surface area contributed by atoms with Gasteiger partial charge in [-0.3, -0.25) is 15.4 Å². The minimum absolute atomic E-state index is 0.739. The average Bonchev–Trinajstić information content (AvgIpc) is 2.54. The number of methoxy groups -OCH3 is 1. The summed E-state index contributed by atoms with van der Waals surface area (Å²) in [6.07, 6.45) is 0.239. The maximum Gasteiger partial charge on any atom is 0.333 e.